The Morgan fingerprint density at radius 3 is 1.18 bits per heavy atom. The van der Waals surface area contributed by atoms with E-state index in [2.05, 4.69) is 89.4 Å². The van der Waals surface area contributed by atoms with Gasteiger partial charge in [-0.2, -0.15) is 29.4 Å². The Balaban J connectivity index is 0.000000337. The number of imidazole rings is 6. The molecule has 14 aromatic rings. The number of aliphatic hydroxyl groups excluding tert-OH is 4. The quantitative estimate of drug-likeness (QED) is 0.0397. The predicted octanol–water partition coefficient (Wildman–Crippen LogP) is 13.3. The maximum absolute atomic E-state index is 10.4. The molecule has 0 saturated heterocycles. The van der Waals surface area contributed by atoms with Crippen molar-refractivity contribution in [3.63, 3.8) is 0 Å². The average Bonchev–Trinajstić information content (AvgIpc) is 1.61. The summed E-state index contributed by atoms with van der Waals surface area (Å²) in [5, 5.41) is 40.6. The number of methoxy groups -OCH3 is 5. The summed E-state index contributed by atoms with van der Waals surface area (Å²) in [7, 11) is 19.6. The number of benzene rings is 7. The zero-order valence-corrected chi connectivity index (χ0v) is 75.3. The molecule has 0 fully saturated rings. The Hall–Kier alpha value is -10.2. The van der Waals surface area contributed by atoms with Gasteiger partial charge in [0.25, 0.3) is 0 Å². The monoisotopic (exact) mass is 2260 g/mol. The Labute approximate surface area is 724 Å². The summed E-state index contributed by atoms with van der Waals surface area (Å²) in [6.45, 7) is 10.3. The van der Waals surface area contributed by atoms with E-state index in [1.165, 1.54) is 19.5 Å². The van der Waals surface area contributed by atoms with Crippen LogP contribution in [0.2, 0.25) is 0 Å². The van der Waals surface area contributed by atoms with Gasteiger partial charge < -0.3 is 71.5 Å². The number of para-hydroxylation sites is 1. The summed E-state index contributed by atoms with van der Waals surface area (Å²) in [4.78, 5) is 40.1. The van der Waals surface area contributed by atoms with Crippen molar-refractivity contribution >= 4 is 5.78 Å². The van der Waals surface area contributed by atoms with Crippen molar-refractivity contribution in [2.75, 3.05) is 35.5 Å². The largest absolute Gasteiger partial charge is 2.00 e. The van der Waals surface area contributed by atoms with Crippen molar-refractivity contribution < 1.29 is 133 Å². The molecule has 0 bridgehead atoms. The van der Waals surface area contributed by atoms with Crippen LogP contribution in [0, 0.1) is 63.2 Å². The van der Waals surface area contributed by atoms with Gasteiger partial charge in [-0.1, -0.05) is 40.5 Å². The van der Waals surface area contributed by atoms with Gasteiger partial charge >= 0.3 is 63.2 Å². The third-order valence-corrected chi connectivity index (χ3v) is 16.2. The Bertz CT molecular complexity index is 4860. The van der Waals surface area contributed by atoms with E-state index in [4.69, 9.17) is 33.9 Å². The number of ketones is 1. The smallest absolute Gasteiger partial charge is 0.540 e. The molecule has 7 aromatic carbocycles. The van der Waals surface area contributed by atoms with Gasteiger partial charge in [-0.25, -0.2) is 9.67 Å². The van der Waals surface area contributed by atoms with Crippen LogP contribution in [0.5, 0.6) is 28.7 Å². The van der Waals surface area contributed by atoms with Crippen LogP contribution in [0.15, 0.2) is 202 Å². The molecule has 0 aliphatic heterocycles. The molecule has 7 aromatic heterocycles. The zero-order valence-electron chi connectivity index (χ0n) is 66.2. The Kier molecular flexibility index (Phi) is 43.1. The van der Waals surface area contributed by atoms with Crippen LogP contribution in [0.3, 0.4) is 0 Å². The van der Waals surface area contributed by atoms with E-state index in [1.807, 2.05) is 212 Å². The van der Waals surface area contributed by atoms with Crippen LogP contribution < -0.4 is 23.7 Å². The predicted molar refractivity (Wildman–Crippen MR) is 421 cm³/mol. The van der Waals surface area contributed by atoms with Crippen molar-refractivity contribution in [1.82, 2.24) is 72.1 Å². The first-order chi connectivity index (χ1) is 53.0. The van der Waals surface area contributed by atoms with E-state index < -0.39 is 0 Å². The number of carbonyl (C=O) groups is 1. The second-order valence-electron chi connectivity index (χ2n) is 24.3. The van der Waals surface area contributed by atoms with Gasteiger partial charge in [0, 0.05) is 152 Å². The van der Waals surface area contributed by atoms with Crippen LogP contribution in [0.4, 0.5) is 0 Å². The van der Waals surface area contributed by atoms with E-state index >= 15 is 0 Å². The normalized spacial score (nSPS) is 10.1. The molecule has 0 unspecified atom stereocenters. The van der Waals surface area contributed by atoms with E-state index in [1.54, 1.807) is 109 Å². The van der Waals surface area contributed by atoms with Crippen molar-refractivity contribution in [1.29, 1.82) is 0 Å². The van der Waals surface area contributed by atoms with Crippen molar-refractivity contribution in [3.8, 4) is 102 Å². The molecule has 608 valence electrons. The number of hydrogen-bond acceptors (Lipinski definition) is 18. The molecule has 0 saturated carbocycles. The van der Waals surface area contributed by atoms with Crippen LogP contribution in [0.25, 0.3) is 73.2 Å². The minimum atomic E-state index is -0.0787. The third-order valence-electron chi connectivity index (χ3n) is 16.2. The molecule has 0 atom stereocenters. The van der Waals surface area contributed by atoms with E-state index in [9.17, 15) is 15.0 Å². The van der Waals surface area contributed by atoms with E-state index in [0.29, 0.717) is 22.8 Å². The fraction of sp³-hybridized carbons (Fsp3) is 0.235. The molecule has 7 heterocycles. The molecular weight excluding hydrogens is 2170 g/mol. The second-order valence-corrected chi connectivity index (χ2v) is 24.3. The first-order valence-electron chi connectivity index (χ1n) is 34.3. The summed E-state index contributed by atoms with van der Waals surface area (Å²) in [6.07, 6.45) is 20.0. The maximum Gasteiger partial charge on any atom is 2.00 e. The third kappa shape index (κ3) is 29.0. The minimum Gasteiger partial charge on any atom is -0.540 e. The van der Waals surface area contributed by atoms with Crippen molar-refractivity contribution in [3.05, 3.63) is 278 Å². The number of allylic oxidation sites excluding steroid dienone is 2. The number of aromatic nitrogens is 15. The summed E-state index contributed by atoms with van der Waals surface area (Å²) in [6, 6.07) is 59.2. The van der Waals surface area contributed by atoms with Gasteiger partial charge in [0.1, 0.15) is 11.6 Å². The van der Waals surface area contributed by atoms with Crippen LogP contribution in [0.1, 0.15) is 54.8 Å². The molecular formula is C85H92N15O10Pt4-. The molecule has 0 aliphatic carbocycles. The molecule has 0 spiro atoms. The summed E-state index contributed by atoms with van der Waals surface area (Å²) < 4.78 is 39.0. The molecule has 29 heteroatoms. The molecule has 25 nitrogen and oxygen atoms in total. The van der Waals surface area contributed by atoms with E-state index in [-0.39, 0.29) is 116 Å². The van der Waals surface area contributed by atoms with Gasteiger partial charge in [0.05, 0.1) is 79.3 Å². The second kappa shape index (κ2) is 50.1. The average molecular weight is 2260 g/mol. The number of aryl methyl sites for hydroxylation is 8. The molecule has 0 amide bonds. The van der Waals surface area contributed by atoms with Gasteiger partial charge in [-0.3, -0.25) is 34.7 Å². The number of ether oxygens (including phenoxy) is 5. The first kappa shape index (κ1) is 98.0. The number of nitrogens with zero attached hydrogens (tertiary/aromatic N) is 15. The van der Waals surface area contributed by atoms with E-state index in [0.717, 1.165) is 113 Å². The fourth-order valence-corrected chi connectivity index (χ4v) is 10.1. The summed E-state index contributed by atoms with van der Waals surface area (Å²) >= 11 is 0. The molecule has 4 N–H and O–H groups in total. The van der Waals surface area contributed by atoms with Crippen molar-refractivity contribution in [2.24, 2.45) is 42.3 Å². The number of rotatable bonds is 16. The van der Waals surface area contributed by atoms with Gasteiger partial charge in [0.2, 0.25) is 0 Å². The fourth-order valence-electron chi connectivity index (χ4n) is 10.1. The molecule has 0 aliphatic rings. The number of Topliss-reactive ketones (excluding diaryl/α,β-unsaturated/α-hetero) is 1. The molecule has 114 heavy (non-hydrogen) atoms. The Morgan fingerprint density at radius 1 is 0.439 bits per heavy atom. The zero-order chi connectivity index (χ0) is 79.8. The van der Waals surface area contributed by atoms with Crippen LogP contribution in [-0.2, 0) is 151 Å². The van der Waals surface area contributed by atoms with Crippen LogP contribution in [-0.4, -0.2) is 134 Å². The Morgan fingerprint density at radius 2 is 0.833 bits per heavy atom. The van der Waals surface area contributed by atoms with Crippen molar-refractivity contribution in [2.45, 2.75) is 61.4 Å². The number of hydrogen-bond donors (Lipinski definition) is 4. The minimum absolute atomic E-state index is 0. The summed E-state index contributed by atoms with van der Waals surface area (Å²) in [5.74, 6) is 5.30. The van der Waals surface area contributed by atoms with Crippen LogP contribution >= 0.6 is 0 Å². The first-order valence-corrected chi connectivity index (χ1v) is 34.3. The molecule has 14 rings (SSSR count). The van der Waals surface area contributed by atoms with Gasteiger partial charge in [-0.05, 0) is 83.9 Å². The maximum atomic E-state index is 10.4. The standard InChI is InChI=1S/3C12H13N2O2.2C11H11N2O.C11H11N2.C10H10N3.C6H10O2.4Pt/c1-14-7-11(13-8-14)10-5-4-9(15-2)6-12(10)16-3;2*1-14-6-12(13-8-14)11-4-3-10(16-2)5-9(11)7-15;1-13-7-10(12-8-13)9-5-3-4-6-11(9)14-2;1-13-6-11(12-8-13)10-5-3-2-4-9(10)7-14;1-9-11(12-8-13(9)2)10-6-4-3-5-7-10;1-8-11-9(2)13(12-8)10-6-4-3-5-7-10;1-4(5(2)7)6(3)8;;;;/h4,6-8H,1-3H3;2*3,5-6,8,15H,7H2,1-2H3;3-4,6-8H,1-2H3;2-4,6,8,14H,7H2,1H3;3-6,8H,1-2H3;3-6H,1-2H3;7H,1-3H3;;;;/q7*-1;;;3*+2. The SMILES string of the molecule is CC(=O)C(C)=C(C)O.COc1c[c-]c(-c2cn(C)cn2)c(CO)c1.COc1c[c-]c(-c2cn(C)cn2)c(CO)c1.COc1c[c-]c(-c2cn(C)cn2)c(OC)c1.COc1ccc[c-]c1-c1cn(C)cn1.Cc1c(-c2[c-]cccc2)ncn1C.Cc1nc(C)n(-c2[c-]cccc2)n1.Cn1cnc(-c2[c-]cccc2CO)c1.[Pt+2].[Pt+2].[Pt+2].[Pt]. The van der Waals surface area contributed by atoms with Gasteiger partial charge in [-0.15, -0.1) is 149 Å². The number of aliphatic hydroxyl groups is 4. The van der Waals surface area contributed by atoms with Gasteiger partial charge in [0.15, 0.2) is 5.78 Å². The number of carbonyl (C=O) groups excluding carboxylic acids is 1. The topological polar surface area (TPSA) is 282 Å². The molecule has 0 radical (unpaired) electrons. The summed E-state index contributed by atoms with van der Waals surface area (Å²) in [5.41, 5.74) is 15.4.